The highest BCUT2D eigenvalue weighted by molar-refractivity contribution is 5.07. The van der Waals surface area contributed by atoms with Gasteiger partial charge in [-0.2, -0.15) is 5.10 Å². The van der Waals surface area contributed by atoms with Crippen LogP contribution in [0, 0.1) is 11.8 Å². The van der Waals surface area contributed by atoms with Gasteiger partial charge in [-0.25, -0.2) is 0 Å². The lowest BCUT2D eigenvalue weighted by Gasteiger charge is -2.40. The van der Waals surface area contributed by atoms with Crippen LogP contribution in [0.3, 0.4) is 0 Å². The molecule has 3 unspecified atom stereocenters. The maximum absolute atomic E-state index is 6.58. The van der Waals surface area contributed by atoms with E-state index < -0.39 is 0 Å². The molecule has 1 aromatic rings. The maximum Gasteiger partial charge on any atom is 0.0643 e. The summed E-state index contributed by atoms with van der Waals surface area (Å²) in [5.41, 5.74) is 7.69. The average Bonchev–Trinajstić information content (AvgIpc) is 2.72. The molecule has 1 heterocycles. The second-order valence-electron chi connectivity index (χ2n) is 6.62. The summed E-state index contributed by atoms with van der Waals surface area (Å²) in [5.74, 6) is 1.55. The van der Waals surface area contributed by atoms with Crippen molar-refractivity contribution in [2.24, 2.45) is 17.6 Å². The SMILES string of the molecule is CC1CCC(N)(Cc2ccn(C(C)C)n2)CC1C. The van der Waals surface area contributed by atoms with Crippen LogP contribution in [0.1, 0.15) is 58.7 Å². The zero-order valence-electron chi connectivity index (χ0n) is 12.2. The van der Waals surface area contributed by atoms with Gasteiger partial charge in [-0.15, -0.1) is 0 Å². The minimum Gasteiger partial charge on any atom is -0.325 e. The fourth-order valence-corrected chi connectivity index (χ4v) is 3.02. The van der Waals surface area contributed by atoms with E-state index in [4.69, 9.17) is 5.73 Å². The molecule has 0 radical (unpaired) electrons. The smallest absolute Gasteiger partial charge is 0.0643 e. The molecule has 102 valence electrons. The van der Waals surface area contributed by atoms with Gasteiger partial charge in [0.1, 0.15) is 0 Å². The molecule has 1 aliphatic carbocycles. The highest BCUT2D eigenvalue weighted by Crippen LogP contribution is 2.36. The average molecular weight is 249 g/mol. The maximum atomic E-state index is 6.58. The van der Waals surface area contributed by atoms with Gasteiger partial charge >= 0.3 is 0 Å². The Hall–Kier alpha value is -0.830. The van der Waals surface area contributed by atoms with Gasteiger partial charge in [-0.3, -0.25) is 4.68 Å². The van der Waals surface area contributed by atoms with E-state index in [1.807, 2.05) is 4.68 Å². The molecule has 2 N–H and O–H groups in total. The van der Waals surface area contributed by atoms with Crippen LogP contribution in [0.2, 0.25) is 0 Å². The van der Waals surface area contributed by atoms with Crippen molar-refractivity contribution in [3.05, 3.63) is 18.0 Å². The first-order valence-corrected chi connectivity index (χ1v) is 7.22. The molecule has 1 aromatic heterocycles. The monoisotopic (exact) mass is 249 g/mol. The number of rotatable bonds is 3. The highest BCUT2D eigenvalue weighted by atomic mass is 15.3. The molecule has 0 spiro atoms. The zero-order chi connectivity index (χ0) is 13.3. The van der Waals surface area contributed by atoms with Gasteiger partial charge in [0.2, 0.25) is 0 Å². The van der Waals surface area contributed by atoms with Crippen molar-refractivity contribution >= 4 is 0 Å². The molecule has 0 saturated heterocycles. The van der Waals surface area contributed by atoms with Crippen molar-refractivity contribution < 1.29 is 0 Å². The molecule has 1 saturated carbocycles. The van der Waals surface area contributed by atoms with Crippen LogP contribution in [0.15, 0.2) is 12.3 Å². The number of aromatic nitrogens is 2. The van der Waals surface area contributed by atoms with E-state index >= 15 is 0 Å². The summed E-state index contributed by atoms with van der Waals surface area (Å²) in [6, 6.07) is 2.55. The first kappa shape index (κ1) is 13.6. The lowest BCUT2D eigenvalue weighted by atomic mass is 9.70. The third kappa shape index (κ3) is 2.94. The van der Waals surface area contributed by atoms with Gasteiger partial charge in [-0.1, -0.05) is 13.8 Å². The number of nitrogens with zero attached hydrogens (tertiary/aromatic N) is 2. The van der Waals surface area contributed by atoms with E-state index in [9.17, 15) is 0 Å². The molecule has 0 amide bonds. The van der Waals surface area contributed by atoms with Crippen molar-refractivity contribution in [3.63, 3.8) is 0 Å². The normalized spacial score (nSPS) is 33.0. The lowest BCUT2D eigenvalue weighted by Crippen LogP contribution is -2.47. The molecule has 1 fully saturated rings. The molecule has 0 aliphatic heterocycles. The topological polar surface area (TPSA) is 43.8 Å². The summed E-state index contributed by atoms with van der Waals surface area (Å²) in [6.07, 6.45) is 6.50. The standard InChI is InChI=1S/C15H27N3/c1-11(2)18-8-6-14(17-18)10-15(16)7-5-12(3)13(4)9-15/h6,8,11-13H,5,7,9-10,16H2,1-4H3. The van der Waals surface area contributed by atoms with E-state index in [-0.39, 0.29) is 5.54 Å². The molecule has 18 heavy (non-hydrogen) atoms. The Bertz CT molecular complexity index is 396. The van der Waals surface area contributed by atoms with Gasteiger partial charge in [0.25, 0.3) is 0 Å². The van der Waals surface area contributed by atoms with Crippen LogP contribution in [0.4, 0.5) is 0 Å². The fourth-order valence-electron chi connectivity index (χ4n) is 3.02. The van der Waals surface area contributed by atoms with Crippen molar-refractivity contribution in [1.82, 2.24) is 9.78 Å². The van der Waals surface area contributed by atoms with Crippen LogP contribution in [-0.4, -0.2) is 15.3 Å². The Morgan fingerprint density at radius 1 is 1.44 bits per heavy atom. The molecule has 1 aliphatic rings. The summed E-state index contributed by atoms with van der Waals surface area (Å²) < 4.78 is 2.02. The van der Waals surface area contributed by atoms with Crippen LogP contribution >= 0.6 is 0 Å². The molecule has 3 heteroatoms. The Kier molecular flexibility index (Phi) is 3.81. The fraction of sp³-hybridized carbons (Fsp3) is 0.800. The zero-order valence-corrected chi connectivity index (χ0v) is 12.2. The summed E-state index contributed by atoms with van der Waals surface area (Å²) in [5, 5.41) is 4.63. The molecule has 2 rings (SSSR count). The van der Waals surface area contributed by atoms with E-state index in [2.05, 4.69) is 45.1 Å². The predicted molar refractivity (Wildman–Crippen MR) is 75.4 cm³/mol. The minimum absolute atomic E-state index is 0.0396. The summed E-state index contributed by atoms with van der Waals surface area (Å²) in [4.78, 5) is 0. The van der Waals surface area contributed by atoms with E-state index in [0.29, 0.717) is 6.04 Å². The summed E-state index contributed by atoms with van der Waals surface area (Å²) in [6.45, 7) is 8.98. The highest BCUT2D eigenvalue weighted by Gasteiger charge is 2.35. The van der Waals surface area contributed by atoms with Crippen molar-refractivity contribution in [2.45, 2.75) is 65.0 Å². The molecule has 3 nitrogen and oxygen atoms in total. The van der Waals surface area contributed by atoms with Crippen LogP contribution < -0.4 is 5.73 Å². The van der Waals surface area contributed by atoms with E-state index in [0.717, 1.165) is 36.8 Å². The van der Waals surface area contributed by atoms with Gasteiger partial charge in [0, 0.05) is 24.2 Å². The van der Waals surface area contributed by atoms with Gasteiger partial charge in [-0.05, 0) is 51.0 Å². The lowest BCUT2D eigenvalue weighted by molar-refractivity contribution is 0.174. The Morgan fingerprint density at radius 3 is 2.72 bits per heavy atom. The summed E-state index contributed by atoms with van der Waals surface area (Å²) in [7, 11) is 0. The quantitative estimate of drug-likeness (QED) is 0.894. The van der Waals surface area contributed by atoms with Gasteiger partial charge in [0.15, 0.2) is 0 Å². The third-order valence-corrected chi connectivity index (χ3v) is 4.52. The Morgan fingerprint density at radius 2 is 2.17 bits per heavy atom. The third-order valence-electron chi connectivity index (χ3n) is 4.52. The predicted octanol–water partition coefficient (Wildman–Crippen LogP) is 3.16. The molecule has 0 aromatic carbocycles. The summed E-state index contributed by atoms with van der Waals surface area (Å²) >= 11 is 0. The van der Waals surface area contributed by atoms with Crippen LogP contribution in [0.25, 0.3) is 0 Å². The minimum atomic E-state index is -0.0396. The van der Waals surface area contributed by atoms with E-state index in [1.54, 1.807) is 0 Å². The Balaban J connectivity index is 2.03. The van der Waals surface area contributed by atoms with Gasteiger partial charge < -0.3 is 5.73 Å². The second-order valence-corrected chi connectivity index (χ2v) is 6.62. The number of hydrogen-bond donors (Lipinski definition) is 1. The molecular formula is C15H27N3. The second kappa shape index (κ2) is 5.04. The number of hydrogen-bond acceptors (Lipinski definition) is 2. The largest absolute Gasteiger partial charge is 0.325 e. The molecular weight excluding hydrogens is 222 g/mol. The molecule has 3 atom stereocenters. The van der Waals surface area contributed by atoms with Crippen LogP contribution in [-0.2, 0) is 6.42 Å². The van der Waals surface area contributed by atoms with Crippen LogP contribution in [0.5, 0.6) is 0 Å². The molecule has 0 bridgehead atoms. The Labute approximate surface area is 111 Å². The van der Waals surface area contributed by atoms with Crippen molar-refractivity contribution in [2.75, 3.05) is 0 Å². The first-order valence-electron chi connectivity index (χ1n) is 7.22. The van der Waals surface area contributed by atoms with Crippen molar-refractivity contribution in [1.29, 1.82) is 0 Å². The number of nitrogens with two attached hydrogens (primary N) is 1. The van der Waals surface area contributed by atoms with Crippen molar-refractivity contribution in [3.8, 4) is 0 Å². The first-order chi connectivity index (χ1) is 8.39. The van der Waals surface area contributed by atoms with E-state index in [1.165, 1.54) is 6.42 Å². The van der Waals surface area contributed by atoms with Gasteiger partial charge in [0.05, 0.1) is 5.69 Å².